The van der Waals surface area contributed by atoms with Crippen LogP contribution in [0.3, 0.4) is 0 Å². The number of nitro benzene ring substituents is 1. The summed E-state index contributed by atoms with van der Waals surface area (Å²) in [5, 5.41) is 29.3. The molecule has 11 heteroatoms. The van der Waals surface area contributed by atoms with Crippen molar-refractivity contribution in [1.29, 1.82) is 0 Å². The van der Waals surface area contributed by atoms with Gasteiger partial charge in [0.1, 0.15) is 5.76 Å². The Morgan fingerprint density at radius 3 is 2.79 bits per heavy atom. The number of benzene rings is 2. The van der Waals surface area contributed by atoms with Crippen molar-refractivity contribution in [3.63, 3.8) is 0 Å². The van der Waals surface area contributed by atoms with E-state index in [1.165, 1.54) is 42.7 Å². The van der Waals surface area contributed by atoms with Crippen molar-refractivity contribution in [2.45, 2.75) is 6.54 Å². The van der Waals surface area contributed by atoms with Crippen LogP contribution in [-0.2, 0) is 11.3 Å². The molecule has 0 spiro atoms. The van der Waals surface area contributed by atoms with Gasteiger partial charge in [-0.1, -0.05) is 18.2 Å². The third kappa shape index (κ3) is 5.15. The first-order valence-electron chi connectivity index (χ1n) is 9.91. The average Bonchev–Trinajstić information content (AvgIpc) is 3.45. The predicted octanol–water partition coefficient (Wildman–Crippen LogP) is 4.41. The Morgan fingerprint density at radius 2 is 2.06 bits per heavy atom. The van der Waals surface area contributed by atoms with Gasteiger partial charge in [-0.15, -0.1) is 5.10 Å². The van der Waals surface area contributed by atoms with Crippen LogP contribution in [0.2, 0.25) is 0 Å². The molecule has 10 nitrogen and oxygen atoms in total. The number of amides is 1. The molecule has 2 heterocycles. The van der Waals surface area contributed by atoms with E-state index in [0.717, 1.165) is 11.8 Å². The van der Waals surface area contributed by atoms with Crippen LogP contribution in [0.25, 0.3) is 6.08 Å². The monoisotopic (exact) mass is 478 g/mol. The topological polar surface area (TPSA) is 131 Å². The van der Waals surface area contributed by atoms with E-state index in [4.69, 9.17) is 9.15 Å². The lowest BCUT2D eigenvalue weighted by Crippen LogP contribution is -2.28. The van der Waals surface area contributed by atoms with E-state index in [2.05, 4.69) is 10.2 Å². The third-order valence-corrected chi connectivity index (χ3v) is 5.71. The molecular weight excluding hydrogens is 460 g/mol. The lowest BCUT2D eigenvalue weighted by Gasteiger charge is -2.12. The predicted molar refractivity (Wildman–Crippen MR) is 128 cm³/mol. The molecule has 1 aromatic heterocycles. The van der Waals surface area contributed by atoms with Gasteiger partial charge in [0, 0.05) is 17.7 Å². The maximum Gasteiger partial charge on any atom is 0.270 e. The number of carbonyl (C=O) groups excluding carboxylic acids is 1. The van der Waals surface area contributed by atoms with Crippen molar-refractivity contribution < 1.29 is 24.0 Å². The lowest BCUT2D eigenvalue weighted by atomic mass is 10.2. The van der Waals surface area contributed by atoms with E-state index in [1.807, 2.05) is 0 Å². The second-order valence-electron chi connectivity index (χ2n) is 6.99. The number of carbonyl (C=O) groups is 1. The minimum absolute atomic E-state index is 0.00719. The number of thioether (sulfide) groups is 1. The zero-order valence-corrected chi connectivity index (χ0v) is 18.6. The van der Waals surface area contributed by atoms with Gasteiger partial charge in [0.05, 0.1) is 36.0 Å². The van der Waals surface area contributed by atoms with Gasteiger partial charge in [-0.2, -0.15) is 5.10 Å². The molecule has 4 rings (SSSR count). The van der Waals surface area contributed by atoms with E-state index < -0.39 is 4.92 Å². The molecule has 0 aliphatic carbocycles. The Labute approximate surface area is 198 Å². The van der Waals surface area contributed by atoms with E-state index in [1.54, 1.807) is 42.5 Å². The summed E-state index contributed by atoms with van der Waals surface area (Å²) in [4.78, 5) is 25.4. The zero-order valence-electron chi connectivity index (χ0n) is 17.8. The molecule has 1 saturated heterocycles. The number of ether oxygens (including phenoxy) is 1. The molecule has 1 aliphatic rings. The number of phenols is 1. The normalized spacial score (nSPS) is 16.1. The molecule has 0 atom stereocenters. The first-order valence-corrected chi connectivity index (χ1v) is 10.7. The SMILES string of the molecule is COc1cc(/C=C2\S/C(=N\N=C\c3cccc([N+](=O)[O-])c3)N(Cc3ccco3)C2=O)ccc1O. The Kier molecular flexibility index (Phi) is 6.74. The largest absolute Gasteiger partial charge is 0.504 e. The minimum Gasteiger partial charge on any atom is -0.504 e. The number of nitrogens with zero attached hydrogens (tertiary/aromatic N) is 4. The summed E-state index contributed by atoms with van der Waals surface area (Å²) in [6, 6.07) is 14.2. The van der Waals surface area contributed by atoms with Gasteiger partial charge < -0.3 is 14.3 Å². The number of rotatable bonds is 7. The van der Waals surface area contributed by atoms with Crippen LogP contribution in [0.5, 0.6) is 11.5 Å². The molecule has 3 aromatic rings. The molecule has 1 N–H and O–H groups in total. The van der Waals surface area contributed by atoms with Gasteiger partial charge in [-0.25, -0.2) is 0 Å². The van der Waals surface area contributed by atoms with E-state index in [-0.39, 0.29) is 29.6 Å². The zero-order chi connectivity index (χ0) is 24.1. The Bertz CT molecular complexity index is 1320. The van der Waals surface area contributed by atoms with Crippen LogP contribution in [0.15, 0.2) is 80.4 Å². The smallest absolute Gasteiger partial charge is 0.270 e. The summed E-state index contributed by atoms with van der Waals surface area (Å²) in [5.41, 5.74) is 1.10. The molecule has 34 heavy (non-hydrogen) atoms. The summed E-state index contributed by atoms with van der Waals surface area (Å²) in [6.07, 6.45) is 4.55. The fourth-order valence-corrected chi connectivity index (χ4v) is 4.01. The second kappa shape index (κ2) is 10.0. The van der Waals surface area contributed by atoms with Crippen molar-refractivity contribution in [3.8, 4) is 11.5 Å². The van der Waals surface area contributed by atoms with Gasteiger partial charge in [-0.05, 0) is 47.7 Å². The fraction of sp³-hybridized carbons (Fsp3) is 0.0870. The molecular formula is C23H18N4O6S. The summed E-state index contributed by atoms with van der Waals surface area (Å²) in [5.74, 6) is 0.550. The highest BCUT2D eigenvalue weighted by atomic mass is 32.2. The highest BCUT2D eigenvalue weighted by Gasteiger charge is 2.34. The van der Waals surface area contributed by atoms with Gasteiger partial charge in [0.15, 0.2) is 16.7 Å². The van der Waals surface area contributed by atoms with Crippen molar-refractivity contribution in [1.82, 2.24) is 4.90 Å². The van der Waals surface area contributed by atoms with Crippen LogP contribution in [0.4, 0.5) is 5.69 Å². The van der Waals surface area contributed by atoms with Crippen LogP contribution < -0.4 is 4.74 Å². The molecule has 1 amide bonds. The summed E-state index contributed by atoms with van der Waals surface area (Å²) in [7, 11) is 1.44. The average molecular weight is 478 g/mol. The first kappa shape index (κ1) is 22.8. The molecule has 1 fully saturated rings. The maximum absolute atomic E-state index is 13.1. The van der Waals surface area contributed by atoms with Crippen LogP contribution >= 0.6 is 11.8 Å². The number of furan rings is 1. The number of phenolic OH excluding ortho intramolecular Hbond substituents is 1. The number of amidine groups is 1. The fourth-order valence-electron chi connectivity index (χ4n) is 3.08. The van der Waals surface area contributed by atoms with Crippen LogP contribution in [0, 0.1) is 10.1 Å². The Morgan fingerprint density at radius 1 is 1.21 bits per heavy atom. The molecule has 1 aliphatic heterocycles. The number of nitro groups is 1. The maximum atomic E-state index is 13.1. The van der Waals surface area contributed by atoms with Crippen molar-refractivity contribution in [3.05, 3.63) is 92.8 Å². The standard InChI is InChI=1S/C23H18N4O6S/c1-32-20-11-15(7-8-19(20)28)12-21-22(29)26(14-18-6-3-9-33-18)23(34-21)25-24-13-16-4-2-5-17(10-16)27(30)31/h2-13,28H,14H2,1H3/b21-12-,24-13+,25-23-. The van der Waals surface area contributed by atoms with Gasteiger partial charge >= 0.3 is 0 Å². The highest BCUT2D eigenvalue weighted by Crippen LogP contribution is 2.35. The molecule has 0 radical (unpaired) electrons. The Balaban J connectivity index is 1.63. The van der Waals surface area contributed by atoms with Crippen molar-refractivity contribution in [2.24, 2.45) is 10.2 Å². The van der Waals surface area contributed by atoms with E-state index >= 15 is 0 Å². The Hall–Kier alpha value is -4.38. The van der Waals surface area contributed by atoms with Gasteiger partial charge in [0.2, 0.25) is 0 Å². The van der Waals surface area contributed by atoms with Crippen molar-refractivity contribution in [2.75, 3.05) is 7.11 Å². The van der Waals surface area contributed by atoms with Gasteiger partial charge in [0.25, 0.3) is 11.6 Å². The summed E-state index contributed by atoms with van der Waals surface area (Å²) in [6.45, 7) is 0.153. The lowest BCUT2D eigenvalue weighted by molar-refractivity contribution is -0.384. The quantitative estimate of drug-likeness (QED) is 0.230. The van der Waals surface area contributed by atoms with Crippen LogP contribution in [-0.4, -0.2) is 39.3 Å². The molecule has 0 unspecified atom stereocenters. The first-order chi connectivity index (χ1) is 16.4. The number of non-ortho nitro benzene ring substituents is 1. The third-order valence-electron chi connectivity index (χ3n) is 4.71. The van der Waals surface area contributed by atoms with Crippen LogP contribution in [0.1, 0.15) is 16.9 Å². The van der Waals surface area contributed by atoms with Gasteiger partial charge in [-0.3, -0.25) is 19.8 Å². The molecule has 2 aromatic carbocycles. The highest BCUT2D eigenvalue weighted by molar-refractivity contribution is 8.18. The number of hydrogen-bond acceptors (Lipinski definition) is 9. The summed E-state index contributed by atoms with van der Waals surface area (Å²) >= 11 is 1.12. The summed E-state index contributed by atoms with van der Waals surface area (Å²) < 4.78 is 10.5. The molecule has 0 saturated carbocycles. The van der Waals surface area contributed by atoms with E-state index in [0.29, 0.717) is 27.0 Å². The van der Waals surface area contributed by atoms with Crippen molar-refractivity contribution >= 4 is 40.8 Å². The minimum atomic E-state index is -0.491. The second-order valence-corrected chi connectivity index (χ2v) is 8.00. The van der Waals surface area contributed by atoms with E-state index in [9.17, 15) is 20.0 Å². The molecule has 172 valence electrons. The molecule has 0 bridgehead atoms. The number of hydrogen-bond donors (Lipinski definition) is 1. The number of aromatic hydroxyl groups is 1. The number of methoxy groups -OCH3 is 1.